The van der Waals surface area contributed by atoms with Gasteiger partial charge >= 0.3 is 0 Å². The van der Waals surface area contributed by atoms with E-state index in [1.807, 2.05) is 69.6 Å². The third-order valence-corrected chi connectivity index (χ3v) is 5.57. The molecular weight excluding hydrogens is 406 g/mol. The average Bonchev–Trinajstić information content (AvgIpc) is 3.43. The summed E-state index contributed by atoms with van der Waals surface area (Å²) in [7, 11) is 1.86. The molecule has 0 bridgehead atoms. The summed E-state index contributed by atoms with van der Waals surface area (Å²) in [5, 5.41) is 11.3. The fourth-order valence-electron chi connectivity index (χ4n) is 3.93. The van der Waals surface area contributed by atoms with Crippen LogP contribution in [0.2, 0.25) is 0 Å². The molecule has 0 fully saturated rings. The first-order valence-electron chi connectivity index (χ1n) is 10.2. The van der Waals surface area contributed by atoms with Gasteiger partial charge in [0.15, 0.2) is 0 Å². The number of para-hydroxylation sites is 1. The first-order valence-corrected chi connectivity index (χ1v) is 10.2. The van der Waals surface area contributed by atoms with Crippen molar-refractivity contribution in [3.8, 4) is 16.9 Å². The normalized spacial score (nSPS) is 10.9. The summed E-state index contributed by atoms with van der Waals surface area (Å²) in [6.07, 6.45) is 0. The van der Waals surface area contributed by atoms with Gasteiger partial charge in [0.05, 0.1) is 17.0 Å². The van der Waals surface area contributed by atoms with Gasteiger partial charge in [0.25, 0.3) is 11.8 Å². The quantitative estimate of drug-likeness (QED) is 0.432. The minimum Gasteiger partial charge on any atom is -0.318 e. The van der Waals surface area contributed by atoms with Gasteiger partial charge in [-0.25, -0.2) is 0 Å². The molecule has 1 aromatic carbocycles. The van der Waals surface area contributed by atoms with E-state index in [4.69, 9.17) is 0 Å². The number of nitrogens with one attached hydrogen (secondary N) is 3. The number of benzene rings is 1. The molecule has 9 nitrogen and oxygen atoms in total. The number of amides is 2. The molecule has 0 radical (unpaired) electrons. The van der Waals surface area contributed by atoms with Gasteiger partial charge in [-0.05, 0) is 52.0 Å². The van der Waals surface area contributed by atoms with Crippen LogP contribution in [0.15, 0.2) is 42.5 Å². The summed E-state index contributed by atoms with van der Waals surface area (Å²) in [6, 6.07) is 13.2. The molecule has 9 heteroatoms. The Kier molecular flexibility index (Phi) is 5.40. The maximum absolute atomic E-state index is 12.7. The lowest BCUT2D eigenvalue weighted by atomic mass is 10.1. The molecule has 164 valence electrons. The SMILES string of the molecule is Cc1nn(C)c(C)c1-c1cc(C(=O)NNC(=O)c2cc(C)n(-c3ccccc3)c2C)[nH]n1. The highest BCUT2D eigenvalue weighted by Crippen LogP contribution is 2.25. The van der Waals surface area contributed by atoms with E-state index in [0.717, 1.165) is 34.0 Å². The number of aryl methyl sites for hydroxylation is 3. The van der Waals surface area contributed by atoms with E-state index in [2.05, 4.69) is 26.1 Å². The maximum Gasteiger partial charge on any atom is 0.287 e. The number of aromatic nitrogens is 5. The Morgan fingerprint density at radius 2 is 1.62 bits per heavy atom. The predicted octanol–water partition coefficient (Wildman–Crippen LogP) is 2.91. The van der Waals surface area contributed by atoms with Crippen molar-refractivity contribution in [1.82, 2.24) is 35.4 Å². The lowest BCUT2D eigenvalue weighted by Gasteiger charge is -2.10. The molecule has 0 spiro atoms. The van der Waals surface area contributed by atoms with Crippen LogP contribution in [0.3, 0.4) is 0 Å². The van der Waals surface area contributed by atoms with E-state index >= 15 is 0 Å². The van der Waals surface area contributed by atoms with E-state index < -0.39 is 11.8 Å². The van der Waals surface area contributed by atoms with Gasteiger partial charge in [0, 0.05) is 35.4 Å². The average molecular weight is 432 g/mol. The zero-order chi connectivity index (χ0) is 23.0. The number of rotatable bonds is 4. The van der Waals surface area contributed by atoms with Crippen molar-refractivity contribution in [3.63, 3.8) is 0 Å². The molecule has 0 atom stereocenters. The number of carbonyl (C=O) groups is 2. The summed E-state index contributed by atoms with van der Waals surface area (Å²) in [5.74, 6) is -0.888. The Morgan fingerprint density at radius 1 is 0.938 bits per heavy atom. The summed E-state index contributed by atoms with van der Waals surface area (Å²) in [6.45, 7) is 7.64. The second kappa shape index (κ2) is 8.18. The number of hydrogen-bond acceptors (Lipinski definition) is 4. The molecule has 3 aromatic heterocycles. The molecule has 0 aliphatic carbocycles. The molecule has 0 unspecified atom stereocenters. The molecule has 3 heterocycles. The molecule has 4 aromatic rings. The Hall–Kier alpha value is -4.14. The van der Waals surface area contributed by atoms with Crippen molar-refractivity contribution in [2.75, 3.05) is 0 Å². The van der Waals surface area contributed by atoms with E-state index in [0.29, 0.717) is 11.3 Å². The molecule has 2 amide bonds. The third kappa shape index (κ3) is 3.68. The lowest BCUT2D eigenvalue weighted by molar-refractivity contribution is 0.0843. The molecule has 3 N–H and O–H groups in total. The van der Waals surface area contributed by atoms with Crippen molar-refractivity contribution in [2.45, 2.75) is 27.7 Å². The first-order chi connectivity index (χ1) is 15.3. The standard InChI is InChI=1S/C23H25N7O2/c1-13-11-18(15(3)30(13)17-9-7-6-8-10-17)22(31)26-27-23(32)20-12-19(24-25-20)21-14(2)28-29(5)16(21)4/h6-12H,1-5H3,(H,24,25)(H,26,31)(H,27,32). The van der Waals surface area contributed by atoms with Gasteiger partial charge in [0.2, 0.25) is 0 Å². The van der Waals surface area contributed by atoms with Crippen LogP contribution in [0.4, 0.5) is 0 Å². The van der Waals surface area contributed by atoms with Crippen LogP contribution in [-0.4, -0.2) is 36.4 Å². The van der Waals surface area contributed by atoms with E-state index in [1.54, 1.807) is 16.8 Å². The number of aromatic amines is 1. The predicted molar refractivity (Wildman–Crippen MR) is 120 cm³/mol. The minimum absolute atomic E-state index is 0.234. The van der Waals surface area contributed by atoms with Crippen molar-refractivity contribution >= 4 is 11.8 Å². The Balaban J connectivity index is 1.47. The highest BCUT2D eigenvalue weighted by molar-refractivity contribution is 5.99. The van der Waals surface area contributed by atoms with Crippen LogP contribution in [0.5, 0.6) is 0 Å². The second-order valence-electron chi connectivity index (χ2n) is 7.70. The highest BCUT2D eigenvalue weighted by Gasteiger charge is 2.20. The monoisotopic (exact) mass is 431 g/mol. The number of carbonyl (C=O) groups excluding carboxylic acids is 2. The first kappa shape index (κ1) is 21.1. The van der Waals surface area contributed by atoms with Crippen LogP contribution in [-0.2, 0) is 7.05 Å². The molecule has 0 saturated carbocycles. The lowest BCUT2D eigenvalue weighted by Crippen LogP contribution is -2.41. The fourth-order valence-corrected chi connectivity index (χ4v) is 3.93. The van der Waals surface area contributed by atoms with Crippen LogP contribution >= 0.6 is 0 Å². The van der Waals surface area contributed by atoms with Gasteiger partial charge in [-0.15, -0.1) is 0 Å². The van der Waals surface area contributed by atoms with E-state index in [-0.39, 0.29) is 5.69 Å². The van der Waals surface area contributed by atoms with E-state index in [1.165, 1.54) is 0 Å². The van der Waals surface area contributed by atoms with Crippen LogP contribution in [0.25, 0.3) is 16.9 Å². The van der Waals surface area contributed by atoms with Gasteiger partial charge in [-0.2, -0.15) is 10.2 Å². The maximum atomic E-state index is 12.7. The van der Waals surface area contributed by atoms with Crippen molar-refractivity contribution in [1.29, 1.82) is 0 Å². The fraction of sp³-hybridized carbons (Fsp3) is 0.217. The van der Waals surface area contributed by atoms with Crippen LogP contribution in [0.1, 0.15) is 43.6 Å². The zero-order valence-electron chi connectivity index (χ0n) is 18.6. The molecule has 32 heavy (non-hydrogen) atoms. The largest absolute Gasteiger partial charge is 0.318 e. The molecule has 4 rings (SSSR count). The molecule has 0 saturated heterocycles. The second-order valence-corrected chi connectivity index (χ2v) is 7.70. The van der Waals surface area contributed by atoms with E-state index in [9.17, 15) is 9.59 Å². The smallest absolute Gasteiger partial charge is 0.287 e. The zero-order valence-corrected chi connectivity index (χ0v) is 18.6. The van der Waals surface area contributed by atoms with Crippen LogP contribution < -0.4 is 10.9 Å². The third-order valence-electron chi connectivity index (χ3n) is 5.57. The minimum atomic E-state index is -0.492. The van der Waals surface area contributed by atoms with Crippen molar-refractivity contribution in [3.05, 3.63) is 76.5 Å². The molecular formula is C23H25N7O2. The van der Waals surface area contributed by atoms with Crippen molar-refractivity contribution < 1.29 is 9.59 Å². The Bertz CT molecular complexity index is 1310. The van der Waals surface area contributed by atoms with Gasteiger partial charge in [-0.1, -0.05) is 18.2 Å². The topological polar surface area (TPSA) is 110 Å². The summed E-state index contributed by atoms with van der Waals surface area (Å²) in [4.78, 5) is 25.3. The summed E-state index contributed by atoms with van der Waals surface area (Å²) < 4.78 is 3.77. The van der Waals surface area contributed by atoms with Gasteiger partial charge in [0.1, 0.15) is 5.69 Å². The van der Waals surface area contributed by atoms with Gasteiger partial charge < -0.3 is 4.57 Å². The number of H-pyrrole nitrogens is 1. The Morgan fingerprint density at radius 3 is 2.28 bits per heavy atom. The van der Waals surface area contributed by atoms with Crippen molar-refractivity contribution in [2.24, 2.45) is 7.05 Å². The molecule has 0 aliphatic rings. The summed E-state index contributed by atoms with van der Waals surface area (Å²) >= 11 is 0. The number of hydrogen-bond donors (Lipinski definition) is 3. The van der Waals surface area contributed by atoms with Crippen LogP contribution in [0, 0.1) is 27.7 Å². The number of nitrogens with zero attached hydrogens (tertiary/aromatic N) is 4. The number of hydrazine groups is 1. The molecule has 0 aliphatic heterocycles. The Labute approximate surface area is 185 Å². The summed E-state index contributed by atoms with van der Waals surface area (Å²) in [5.41, 5.74) is 11.6. The van der Waals surface area contributed by atoms with Gasteiger partial charge in [-0.3, -0.25) is 30.2 Å². The highest BCUT2D eigenvalue weighted by atomic mass is 16.2.